The molecular weight excluding hydrogens is 328 g/mol. The Bertz CT molecular complexity index is 1060. The maximum absolute atomic E-state index is 12.8. The first-order chi connectivity index (χ1) is 12.7. The van der Waals surface area contributed by atoms with Gasteiger partial charge in [-0.05, 0) is 37.0 Å². The van der Waals surface area contributed by atoms with Crippen molar-refractivity contribution in [2.45, 2.75) is 31.9 Å². The molecule has 4 heterocycles. The molecule has 0 amide bonds. The summed E-state index contributed by atoms with van der Waals surface area (Å²) in [6, 6.07) is 7.40. The number of ether oxygens (including phenoxy) is 1. The molecule has 1 aliphatic rings. The Labute approximate surface area is 150 Å². The standard InChI is InChI=1S/C20H18N4O2/c1-26-16-7-8-18-23-17-12-14(5-6-15-4-2-3-10-21-15)13-22-19(17)20(25)24(18)11-9-16/h2-4,10,12-13,16H,7-9,11H2,1H3. The Hall–Kier alpha value is -3.04. The van der Waals surface area contributed by atoms with Gasteiger partial charge in [-0.3, -0.25) is 9.36 Å². The molecular formula is C20H18N4O2. The molecule has 0 aromatic carbocycles. The number of hydrogen-bond acceptors (Lipinski definition) is 5. The summed E-state index contributed by atoms with van der Waals surface area (Å²) in [5, 5.41) is 0. The van der Waals surface area contributed by atoms with Crippen molar-refractivity contribution >= 4 is 11.0 Å². The molecule has 1 atom stereocenters. The maximum Gasteiger partial charge on any atom is 0.280 e. The van der Waals surface area contributed by atoms with Gasteiger partial charge in [0.05, 0.1) is 11.6 Å². The average molecular weight is 346 g/mol. The molecule has 1 unspecified atom stereocenters. The molecule has 0 radical (unpaired) electrons. The van der Waals surface area contributed by atoms with E-state index >= 15 is 0 Å². The highest BCUT2D eigenvalue weighted by Crippen LogP contribution is 2.16. The lowest BCUT2D eigenvalue weighted by atomic mass is 10.1. The lowest BCUT2D eigenvalue weighted by Gasteiger charge is -2.10. The number of fused-ring (bicyclic) bond motifs is 2. The van der Waals surface area contributed by atoms with Crippen LogP contribution in [0, 0.1) is 11.8 Å². The van der Waals surface area contributed by atoms with Crippen LogP contribution in [-0.4, -0.2) is 32.7 Å². The van der Waals surface area contributed by atoms with E-state index in [0.717, 1.165) is 18.7 Å². The zero-order valence-electron chi connectivity index (χ0n) is 14.5. The summed E-state index contributed by atoms with van der Waals surface area (Å²) in [5.41, 5.74) is 2.28. The van der Waals surface area contributed by atoms with Gasteiger partial charge in [-0.25, -0.2) is 15.0 Å². The molecule has 1 aliphatic heterocycles. The Kier molecular flexibility index (Phi) is 4.46. The molecule has 0 N–H and O–H groups in total. The molecule has 3 aromatic rings. The van der Waals surface area contributed by atoms with Crippen molar-refractivity contribution in [1.82, 2.24) is 19.5 Å². The van der Waals surface area contributed by atoms with Crippen LogP contribution in [0.4, 0.5) is 0 Å². The summed E-state index contributed by atoms with van der Waals surface area (Å²) in [6.07, 6.45) is 5.86. The summed E-state index contributed by atoms with van der Waals surface area (Å²) in [5.74, 6) is 6.82. The molecule has 0 spiro atoms. The van der Waals surface area contributed by atoms with Gasteiger partial charge in [-0.15, -0.1) is 0 Å². The highest BCUT2D eigenvalue weighted by molar-refractivity contribution is 5.74. The first-order valence-electron chi connectivity index (χ1n) is 8.60. The fourth-order valence-electron chi connectivity index (χ4n) is 3.15. The Morgan fingerprint density at radius 3 is 2.96 bits per heavy atom. The fourth-order valence-corrected chi connectivity index (χ4v) is 3.15. The summed E-state index contributed by atoms with van der Waals surface area (Å²) >= 11 is 0. The van der Waals surface area contributed by atoms with E-state index in [-0.39, 0.29) is 11.7 Å². The molecule has 3 aromatic heterocycles. The van der Waals surface area contributed by atoms with Crippen molar-refractivity contribution in [1.29, 1.82) is 0 Å². The van der Waals surface area contributed by atoms with Gasteiger partial charge >= 0.3 is 0 Å². The third-order valence-electron chi connectivity index (χ3n) is 4.57. The smallest absolute Gasteiger partial charge is 0.280 e. The van der Waals surface area contributed by atoms with Crippen LogP contribution in [0.15, 0.2) is 41.5 Å². The SMILES string of the molecule is COC1CCc2nc3cc(C#Cc4ccccn4)cnc3c(=O)n2CC1. The lowest BCUT2D eigenvalue weighted by Crippen LogP contribution is -2.25. The molecule has 0 fully saturated rings. The van der Waals surface area contributed by atoms with Crippen LogP contribution in [0.1, 0.15) is 29.9 Å². The minimum absolute atomic E-state index is 0.0917. The minimum atomic E-state index is -0.0917. The summed E-state index contributed by atoms with van der Waals surface area (Å²) in [6.45, 7) is 0.610. The van der Waals surface area contributed by atoms with Crippen LogP contribution >= 0.6 is 0 Å². The summed E-state index contributed by atoms with van der Waals surface area (Å²) < 4.78 is 7.18. The van der Waals surface area contributed by atoms with Crippen molar-refractivity contribution in [3.63, 3.8) is 0 Å². The molecule has 0 bridgehead atoms. The third-order valence-corrected chi connectivity index (χ3v) is 4.57. The van der Waals surface area contributed by atoms with Gasteiger partial charge in [0.25, 0.3) is 5.56 Å². The lowest BCUT2D eigenvalue weighted by molar-refractivity contribution is 0.0885. The predicted octanol–water partition coefficient (Wildman–Crippen LogP) is 1.94. The molecule has 4 rings (SSSR count). The topological polar surface area (TPSA) is 69.9 Å². The number of hydrogen-bond donors (Lipinski definition) is 0. The molecule has 130 valence electrons. The van der Waals surface area contributed by atoms with Crippen molar-refractivity contribution in [2.75, 3.05) is 7.11 Å². The fraction of sp³-hybridized carbons (Fsp3) is 0.300. The predicted molar refractivity (Wildman–Crippen MR) is 97.8 cm³/mol. The third kappa shape index (κ3) is 3.22. The van der Waals surface area contributed by atoms with Crippen LogP contribution in [-0.2, 0) is 17.7 Å². The average Bonchev–Trinajstić information content (AvgIpc) is 2.89. The van der Waals surface area contributed by atoms with Gasteiger partial charge in [0.1, 0.15) is 11.5 Å². The van der Waals surface area contributed by atoms with Crippen molar-refractivity contribution in [3.05, 3.63) is 64.1 Å². The minimum Gasteiger partial charge on any atom is -0.381 e. The Morgan fingerprint density at radius 1 is 1.23 bits per heavy atom. The van der Waals surface area contributed by atoms with E-state index in [4.69, 9.17) is 4.74 Å². The normalized spacial score (nSPS) is 16.4. The highest BCUT2D eigenvalue weighted by Gasteiger charge is 2.19. The van der Waals surface area contributed by atoms with E-state index in [1.807, 2.05) is 24.3 Å². The van der Waals surface area contributed by atoms with Gasteiger partial charge in [0.15, 0.2) is 5.52 Å². The largest absolute Gasteiger partial charge is 0.381 e. The Morgan fingerprint density at radius 2 is 2.15 bits per heavy atom. The number of pyridine rings is 2. The van der Waals surface area contributed by atoms with Crippen molar-refractivity contribution in [3.8, 4) is 11.8 Å². The van der Waals surface area contributed by atoms with Gasteiger partial charge < -0.3 is 4.74 Å². The van der Waals surface area contributed by atoms with Crippen LogP contribution in [0.2, 0.25) is 0 Å². The zero-order valence-corrected chi connectivity index (χ0v) is 14.5. The first kappa shape index (κ1) is 16.4. The van der Waals surface area contributed by atoms with Gasteiger partial charge in [0.2, 0.25) is 0 Å². The molecule has 26 heavy (non-hydrogen) atoms. The van der Waals surface area contributed by atoms with Gasteiger partial charge in [-0.2, -0.15) is 0 Å². The first-order valence-corrected chi connectivity index (χ1v) is 8.60. The van der Waals surface area contributed by atoms with E-state index in [0.29, 0.717) is 35.3 Å². The summed E-state index contributed by atoms with van der Waals surface area (Å²) in [4.78, 5) is 26.0. The monoisotopic (exact) mass is 346 g/mol. The maximum atomic E-state index is 12.8. The van der Waals surface area contributed by atoms with Crippen LogP contribution in [0.25, 0.3) is 11.0 Å². The van der Waals surface area contributed by atoms with Crippen molar-refractivity contribution in [2.24, 2.45) is 0 Å². The van der Waals surface area contributed by atoms with E-state index < -0.39 is 0 Å². The summed E-state index contributed by atoms with van der Waals surface area (Å²) in [7, 11) is 1.71. The van der Waals surface area contributed by atoms with E-state index in [1.54, 1.807) is 24.1 Å². The number of nitrogens with zero attached hydrogens (tertiary/aromatic N) is 4. The molecule has 0 saturated carbocycles. The van der Waals surface area contributed by atoms with E-state index in [1.165, 1.54) is 0 Å². The van der Waals surface area contributed by atoms with Crippen LogP contribution in [0.3, 0.4) is 0 Å². The molecule has 6 nitrogen and oxygen atoms in total. The van der Waals surface area contributed by atoms with E-state index in [9.17, 15) is 4.79 Å². The molecule has 6 heteroatoms. The van der Waals surface area contributed by atoms with Crippen LogP contribution < -0.4 is 5.56 Å². The quantitative estimate of drug-likeness (QED) is 0.630. The van der Waals surface area contributed by atoms with E-state index in [2.05, 4.69) is 26.8 Å². The van der Waals surface area contributed by atoms with Crippen molar-refractivity contribution < 1.29 is 4.74 Å². The highest BCUT2D eigenvalue weighted by atomic mass is 16.5. The zero-order chi connectivity index (χ0) is 17.9. The van der Waals surface area contributed by atoms with Gasteiger partial charge in [0, 0.05) is 38.0 Å². The number of aryl methyl sites for hydroxylation is 1. The van der Waals surface area contributed by atoms with Gasteiger partial charge in [-0.1, -0.05) is 12.0 Å². The molecule has 0 saturated heterocycles. The molecule has 0 aliphatic carbocycles. The number of aromatic nitrogens is 4. The number of rotatable bonds is 1. The van der Waals surface area contributed by atoms with Crippen LogP contribution in [0.5, 0.6) is 0 Å². The number of methoxy groups -OCH3 is 1. The second-order valence-corrected chi connectivity index (χ2v) is 6.23. The Balaban J connectivity index is 1.74. The second kappa shape index (κ2) is 7.06. The second-order valence-electron chi connectivity index (χ2n) is 6.23.